The first-order chi connectivity index (χ1) is 35.4. The van der Waals surface area contributed by atoms with E-state index in [0.29, 0.717) is 0 Å². The molecule has 0 unspecified atom stereocenters. The second-order valence-corrected chi connectivity index (χ2v) is 26.2. The van der Waals surface area contributed by atoms with E-state index >= 15 is 0 Å². The lowest BCUT2D eigenvalue weighted by atomic mass is 9.57. The summed E-state index contributed by atoms with van der Waals surface area (Å²) in [4.78, 5) is 5.07. The minimum Gasteiger partial charge on any atom is -0.355 e. The van der Waals surface area contributed by atoms with Crippen molar-refractivity contribution in [1.29, 1.82) is 0 Å². The molecule has 1 N–H and O–H groups in total. The highest BCUT2D eigenvalue weighted by Gasteiger charge is 2.39. The van der Waals surface area contributed by atoms with E-state index in [1.165, 1.54) is 94.8 Å². The summed E-state index contributed by atoms with van der Waals surface area (Å²) >= 11 is 0. The monoisotopic (exact) mass is 981 g/mol. The van der Waals surface area contributed by atoms with Crippen LogP contribution in [0.3, 0.4) is 0 Å². The molecule has 1 heterocycles. The standard InChI is InChI=1S/C71H75BN3/c1-45-39-58-59(71(13,14)38-37-70(58,11)12)44-62(45)75-63-43-55(74(53-31-25-50(26-32-53)68(5,6)7)54-33-27-51(28-34-54)69(8,9)10)35-36-60(63)72-66-64(75)42-48-21-17-18-22-56(48)65(66)57-40-46-19-15-16-20-47(46)41-61(57)73-52-29-23-49(24-30-52)67(2,3)4/h15-36,39-44,73H,37-38H2,1-14H3. The topological polar surface area (TPSA) is 18.5 Å². The third-order valence-electron chi connectivity index (χ3n) is 16.7. The van der Waals surface area contributed by atoms with E-state index < -0.39 is 0 Å². The molecule has 0 aromatic heterocycles. The smallest absolute Gasteiger partial charge is 0.197 e. The molecule has 9 aromatic carbocycles. The molecular formula is C71H75BN3. The van der Waals surface area contributed by atoms with Crippen molar-refractivity contribution in [2.45, 2.75) is 137 Å². The van der Waals surface area contributed by atoms with Crippen LogP contribution in [0.2, 0.25) is 0 Å². The Kier molecular flexibility index (Phi) is 12.1. The Morgan fingerprint density at radius 1 is 0.480 bits per heavy atom. The minimum absolute atomic E-state index is 0.0171. The van der Waals surface area contributed by atoms with E-state index in [2.05, 4.69) is 289 Å². The van der Waals surface area contributed by atoms with Crippen LogP contribution in [0, 0.1) is 6.92 Å². The summed E-state index contributed by atoms with van der Waals surface area (Å²) in [5.41, 5.74) is 22.2. The molecule has 1 aliphatic carbocycles. The van der Waals surface area contributed by atoms with Crippen molar-refractivity contribution in [1.82, 2.24) is 0 Å². The van der Waals surface area contributed by atoms with E-state index in [4.69, 9.17) is 0 Å². The number of rotatable bonds is 7. The average molecular weight is 981 g/mol. The van der Waals surface area contributed by atoms with E-state index in [-0.39, 0.29) is 27.1 Å². The van der Waals surface area contributed by atoms with Crippen LogP contribution < -0.4 is 26.0 Å². The van der Waals surface area contributed by atoms with Crippen molar-refractivity contribution in [2.24, 2.45) is 0 Å². The van der Waals surface area contributed by atoms with Crippen molar-refractivity contribution in [3.05, 3.63) is 203 Å². The molecule has 1 aliphatic heterocycles. The Hall–Kier alpha value is -7.04. The van der Waals surface area contributed by atoms with Crippen molar-refractivity contribution in [3.63, 3.8) is 0 Å². The minimum atomic E-state index is 0.0171. The molecule has 11 rings (SSSR count). The van der Waals surface area contributed by atoms with E-state index in [0.717, 1.165) is 40.5 Å². The van der Waals surface area contributed by atoms with E-state index in [1.54, 1.807) is 0 Å². The fourth-order valence-electron chi connectivity index (χ4n) is 11.9. The zero-order valence-electron chi connectivity index (χ0n) is 47.1. The molecular weight excluding hydrogens is 906 g/mol. The first-order valence-electron chi connectivity index (χ1n) is 27.4. The number of fused-ring (bicyclic) bond motifs is 5. The van der Waals surface area contributed by atoms with Gasteiger partial charge in [0.25, 0.3) is 0 Å². The van der Waals surface area contributed by atoms with Gasteiger partial charge in [-0.3, -0.25) is 0 Å². The highest BCUT2D eigenvalue weighted by molar-refractivity contribution is 6.73. The molecule has 0 atom stereocenters. The van der Waals surface area contributed by atoms with Gasteiger partial charge in [-0.1, -0.05) is 193 Å². The lowest BCUT2D eigenvalue weighted by Gasteiger charge is -2.44. The molecule has 75 heavy (non-hydrogen) atoms. The fraction of sp³-hybridized carbons (Fsp3) is 0.296. The van der Waals surface area contributed by atoms with Gasteiger partial charge in [0.15, 0.2) is 7.28 Å². The Morgan fingerprint density at radius 2 is 0.973 bits per heavy atom. The Bertz CT molecular complexity index is 3590. The molecule has 2 aliphatic rings. The van der Waals surface area contributed by atoms with Crippen LogP contribution >= 0.6 is 0 Å². The van der Waals surface area contributed by atoms with Crippen LogP contribution in [0.15, 0.2) is 170 Å². The molecule has 0 spiro atoms. The summed E-state index contributed by atoms with van der Waals surface area (Å²) in [5.74, 6) is 0. The molecule has 0 fully saturated rings. The van der Waals surface area contributed by atoms with Crippen LogP contribution in [0.1, 0.15) is 136 Å². The predicted molar refractivity (Wildman–Crippen MR) is 327 cm³/mol. The van der Waals surface area contributed by atoms with Gasteiger partial charge in [-0.15, -0.1) is 0 Å². The van der Waals surface area contributed by atoms with Crippen LogP contribution in [-0.2, 0) is 27.1 Å². The first kappa shape index (κ1) is 50.1. The van der Waals surface area contributed by atoms with E-state index in [9.17, 15) is 0 Å². The Morgan fingerprint density at radius 3 is 1.53 bits per heavy atom. The lowest BCUT2D eigenvalue weighted by Crippen LogP contribution is -2.41. The third-order valence-corrected chi connectivity index (χ3v) is 16.7. The second-order valence-electron chi connectivity index (χ2n) is 26.2. The number of aryl methyl sites for hydroxylation is 1. The second kappa shape index (κ2) is 18.1. The van der Waals surface area contributed by atoms with Crippen LogP contribution in [0.4, 0.5) is 45.5 Å². The third kappa shape index (κ3) is 9.23. The molecule has 1 radical (unpaired) electrons. The maximum Gasteiger partial charge on any atom is 0.197 e. The number of anilines is 8. The molecule has 377 valence electrons. The summed E-state index contributed by atoms with van der Waals surface area (Å²) in [6.45, 7) is 32.7. The summed E-state index contributed by atoms with van der Waals surface area (Å²) in [5, 5.41) is 8.82. The molecule has 0 saturated heterocycles. The average Bonchev–Trinajstić information content (AvgIpc) is 3.39. The zero-order chi connectivity index (χ0) is 53.0. The fourth-order valence-corrected chi connectivity index (χ4v) is 11.9. The van der Waals surface area contributed by atoms with Gasteiger partial charge in [-0.25, -0.2) is 0 Å². The van der Waals surface area contributed by atoms with Crippen LogP contribution in [0.5, 0.6) is 0 Å². The van der Waals surface area contributed by atoms with Crippen molar-refractivity contribution >= 4 is 85.2 Å². The largest absolute Gasteiger partial charge is 0.355 e. The lowest BCUT2D eigenvalue weighted by molar-refractivity contribution is 0.332. The molecule has 0 saturated carbocycles. The van der Waals surface area contributed by atoms with E-state index in [1.807, 2.05) is 0 Å². The van der Waals surface area contributed by atoms with Crippen LogP contribution in [-0.4, -0.2) is 7.28 Å². The summed E-state index contributed by atoms with van der Waals surface area (Å²) < 4.78 is 0. The van der Waals surface area contributed by atoms with Gasteiger partial charge in [0.1, 0.15) is 0 Å². The van der Waals surface area contributed by atoms with Gasteiger partial charge in [0.2, 0.25) is 0 Å². The highest BCUT2D eigenvalue weighted by atomic mass is 15.2. The van der Waals surface area contributed by atoms with Crippen molar-refractivity contribution in [2.75, 3.05) is 15.1 Å². The summed E-state index contributed by atoms with van der Waals surface area (Å²) in [7, 11) is 2.48. The molecule has 0 bridgehead atoms. The maximum atomic E-state index is 3.98. The quantitative estimate of drug-likeness (QED) is 0.161. The number of nitrogens with one attached hydrogen (secondary N) is 1. The maximum absolute atomic E-state index is 3.98. The van der Waals surface area contributed by atoms with Crippen LogP contribution in [0.25, 0.3) is 32.7 Å². The van der Waals surface area contributed by atoms with Crippen molar-refractivity contribution in [3.8, 4) is 11.1 Å². The van der Waals surface area contributed by atoms with Crippen molar-refractivity contribution < 1.29 is 0 Å². The number of hydrogen-bond acceptors (Lipinski definition) is 3. The molecule has 0 amide bonds. The predicted octanol–water partition coefficient (Wildman–Crippen LogP) is 18.9. The highest BCUT2D eigenvalue weighted by Crippen LogP contribution is 2.51. The summed E-state index contributed by atoms with van der Waals surface area (Å²) in [6, 6.07) is 64.8. The Labute approximate surface area is 449 Å². The SMILES string of the molecule is Cc1cc2c(cc1N1c3cc(N(c4ccc(C(C)(C)C)cc4)c4ccc(C(C)(C)C)cc4)ccc3[B]c3c1cc1ccccc1c3-c1cc3ccccc3cc1Nc1ccc(C(C)(C)C)cc1)C(C)(C)CCC2(C)C. The van der Waals surface area contributed by atoms with Gasteiger partial charge in [0, 0.05) is 51.1 Å². The normalized spacial score (nSPS) is 15.0. The molecule has 9 aromatic rings. The zero-order valence-corrected chi connectivity index (χ0v) is 47.1. The number of benzene rings is 9. The van der Waals surface area contributed by atoms with Gasteiger partial charge in [-0.05, 0) is 186 Å². The number of nitrogens with zero attached hydrogens (tertiary/aromatic N) is 2. The first-order valence-corrected chi connectivity index (χ1v) is 27.4. The molecule has 3 nitrogen and oxygen atoms in total. The van der Waals surface area contributed by atoms with Gasteiger partial charge < -0.3 is 15.1 Å². The number of hydrogen-bond donors (Lipinski definition) is 1. The van der Waals surface area contributed by atoms with Gasteiger partial charge in [0.05, 0.1) is 0 Å². The Balaban J connectivity index is 1.18. The molecule has 4 heteroatoms. The van der Waals surface area contributed by atoms with Gasteiger partial charge >= 0.3 is 0 Å². The van der Waals surface area contributed by atoms with Gasteiger partial charge in [-0.2, -0.15) is 0 Å². The summed E-state index contributed by atoms with van der Waals surface area (Å²) in [6.07, 6.45) is 2.31.